The number of ether oxygens (including phenoxy) is 1. The van der Waals surface area contributed by atoms with Crippen LogP contribution >= 0.6 is 15.9 Å². The van der Waals surface area contributed by atoms with E-state index in [-0.39, 0.29) is 0 Å². The van der Waals surface area contributed by atoms with Gasteiger partial charge in [0.25, 0.3) is 0 Å². The van der Waals surface area contributed by atoms with Gasteiger partial charge in [0.2, 0.25) is 6.29 Å². The van der Waals surface area contributed by atoms with Crippen molar-refractivity contribution < 1.29 is 9.84 Å². The fourth-order valence-corrected chi connectivity index (χ4v) is 1.50. The largest absolute Gasteiger partial charge is 0.363 e. The van der Waals surface area contributed by atoms with E-state index >= 15 is 0 Å². The first-order chi connectivity index (χ1) is 6.72. The summed E-state index contributed by atoms with van der Waals surface area (Å²) in [5, 5.41) is 17.1. The number of aliphatic hydroxyl groups is 1. The SMILES string of the molecule is COC(O)c1nnn2cc(Br)ccc12. The molecule has 1 N–H and O–H groups in total. The Kier molecular flexibility index (Phi) is 2.49. The molecule has 14 heavy (non-hydrogen) atoms. The van der Waals surface area contributed by atoms with Gasteiger partial charge in [-0.3, -0.25) is 0 Å². The third-order valence-electron chi connectivity index (χ3n) is 1.86. The Morgan fingerprint density at radius 1 is 1.57 bits per heavy atom. The van der Waals surface area contributed by atoms with Crippen LogP contribution in [0.2, 0.25) is 0 Å². The summed E-state index contributed by atoms with van der Waals surface area (Å²) < 4.78 is 7.23. The van der Waals surface area contributed by atoms with Crippen molar-refractivity contribution in [3.63, 3.8) is 0 Å². The molecule has 0 aliphatic rings. The van der Waals surface area contributed by atoms with E-state index in [1.165, 1.54) is 7.11 Å². The van der Waals surface area contributed by atoms with Crippen molar-refractivity contribution in [2.45, 2.75) is 6.29 Å². The molecule has 0 saturated carbocycles. The minimum Gasteiger partial charge on any atom is -0.363 e. The highest BCUT2D eigenvalue weighted by Crippen LogP contribution is 2.18. The van der Waals surface area contributed by atoms with E-state index in [1.807, 2.05) is 12.1 Å². The molecule has 1 atom stereocenters. The average molecular weight is 258 g/mol. The molecule has 6 heteroatoms. The minimum absolute atomic E-state index is 0.417. The van der Waals surface area contributed by atoms with Gasteiger partial charge in [-0.2, -0.15) is 0 Å². The number of aliphatic hydroxyl groups excluding tert-OH is 1. The van der Waals surface area contributed by atoms with Crippen molar-refractivity contribution in [2.24, 2.45) is 0 Å². The molecule has 0 fully saturated rings. The molecule has 2 rings (SSSR count). The molecule has 0 radical (unpaired) electrons. The molecule has 0 amide bonds. The Morgan fingerprint density at radius 2 is 2.36 bits per heavy atom. The van der Waals surface area contributed by atoms with E-state index in [0.717, 1.165) is 9.99 Å². The Morgan fingerprint density at radius 3 is 3.07 bits per heavy atom. The van der Waals surface area contributed by atoms with Gasteiger partial charge in [0.15, 0.2) is 0 Å². The first-order valence-corrected chi connectivity index (χ1v) is 4.73. The van der Waals surface area contributed by atoms with Crippen LogP contribution in [0, 0.1) is 0 Å². The van der Waals surface area contributed by atoms with Crippen molar-refractivity contribution in [2.75, 3.05) is 7.11 Å². The van der Waals surface area contributed by atoms with Crippen molar-refractivity contribution >= 4 is 21.4 Å². The van der Waals surface area contributed by atoms with E-state index < -0.39 is 6.29 Å². The number of aromatic nitrogens is 3. The van der Waals surface area contributed by atoms with Crippen LogP contribution in [0.5, 0.6) is 0 Å². The lowest BCUT2D eigenvalue weighted by Crippen LogP contribution is -2.00. The van der Waals surface area contributed by atoms with Gasteiger partial charge in [-0.1, -0.05) is 5.21 Å². The lowest BCUT2D eigenvalue weighted by Gasteiger charge is -2.03. The molecule has 2 heterocycles. The molecule has 74 valence electrons. The van der Waals surface area contributed by atoms with E-state index in [9.17, 15) is 5.11 Å². The van der Waals surface area contributed by atoms with E-state index in [4.69, 9.17) is 4.74 Å². The summed E-state index contributed by atoms with van der Waals surface area (Å²) in [5.41, 5.74) is 1.14. The van der Waals surface area contributed by atoms with Crippen molar-refractivity contribution in [1.29, 1.82) is 0 Å². The average Bonchev–Trinajstić information content (AvgIpc) is 2.59. The maximum atomic E-state index is 9.44. The van der Waals surface area contributed by atoms with Gasteiger partial charge in [0, 0.05) is 17.8 Å². The quantitative estimate of drug-likeness (QED) is 0.820. The molecule has 0 aromatic carbocycles. The second kappa shape index (κ2) is 3.64. The Balaban J connectivity index is 2.58. The molecular formula is C8H8BrN3O2. The highest BCUT2D eigenvalue weighted by atomic mass is 79.9. The van der Waals surface area contributed by atoms with Crippen LogP contribution in [0.1, 0.15) is 12.0 Å². The second-order valence-corrected chi connectivity index (χ2v) is 3.66. The van der Waals surface area contributed by atoms with Crippen LogP contribution in [0.25, 0.3) is 5.52 Å². The maximum absolute atomic E-state index is 9.44. The number of hydrogen-bond acceptors (Lipinski definition) is 4. The molecule has 5 nitrogen and oxygen atoms in total. The molecular weight excluding hydrogens is 250 g/mol. The van der Waals surface area contributed by atoms with Crippen LogP contribution < -0.4 is 0 Å². The van der Waals surface area contributed by atoms with Crippen molar-refractivity contribution in [3.8, 4) is 0 Å². The summed E-state index contributed by atoms with van der Waals surface area (Å²) in [5.74, 6) is 0. The lowest BCUT2D eigenvalue weighted by atomic mass is 10.3. The standard InChI is InChI=1S/C8H8BrN3O2/c1-14-8(13)7-6-3-2-5(9)4-12(6)11-10-7/h2-4,8,13H,1H3. The zero-order valence-electron chi connectivity index (χ0n) is 7.38. The first-order valence-electron chi connectivity index (χ1n) is 3.93. The third-order valence-corrected chi connectivity index (χ3v) is 2.33. The number of halogens is 1. The van der Waals surface area contributed by atoms with Crippen molar-refractivity contribution in [1.82, 2.24) is 14.8 Å². The molecule has 0 saturated heterocycles. The van der Waals surface area contributed by atoms with Crippen LogP contribution in [-0.4, -0.2) is 27.0 Å². The summed E-state index contributed by atoms with van der Waals surface area (Å²) in [6, 6.07) is 3.66. The van der Waals surface area contributed by atoms with Gasteiger partial charge < -0.3 is 9.84 Å². The number of fused-ring (bicyclic) bond motifs is 1. The summed E-state index contributed by atoms with van der Waals surface area (Å²) in [6.45, 7) is 0. The predicted octanol–water partition coefficient (Wildman–Crippen LogP) is 1.13. The fourth-order valence-electron chi connectivity index (χ4n) is 1.18. The zero-order chi connectivity index (χ0) is 10.1. The fraction of sp³-hybridized carbons (Fsp3) is 0.250. The number of methoxy groups -OCH3 is 1. The molecule has 0 spiro atoms. The molecule has 0 aliphatic heterocycles. The van der Waals surface area contributed by atoms with Crippen LogP contribution in [0.4, 0.5) is 0 Å². The smallest absolute Gasteiger partial charge is 0.202 e. The van der Waals surface area contributed by atoms with Gasteiger partial charge in [-0.15, -0.1) is 5.10 Å². The van der Waals surface area contributed by atoms with Gasteiger partial charge in [0.1, 0.15) is 5.69 Å². The molecule has 2 aromatic rings. The van der Waals surface area contributed by atoms with E-state index in [2.05, 4.69) is 26.2 Å². The predicted molar refractivity (Wildman–Crippen MR) is 52.7 cm³/mol. The van der Waals surface area contributed by atoms with Gasteiger partial charge in [-0.25, -0.2) is 4.52 Å². The number of rotatable bonds is 2. The van der Waals surface area contributed by atoms with Crippen LogP contribution in [0.15, 0.2) is 22.8 Å². The summed E-state index contributed by atoms with van der Waals surface area (Å²) in [7, 11) is 1.41. The van der Waals surface area contributed by atoms with Gasteiger partial charge in [0.05, 0.1) is 5.52 Å². The Bertz CT molecular complexity index is 457. The minimum atomic E-state index is -1.03. The zero-order valence-corrected chi connectivity index (χ0v) is 8.97. The normalized spacial score (nSPS) is 13.4. The van der Waals surface area contributed by atoms with E-state index in [0.29, 0.717) is 5.69 Å². The third kappa shape index (κ3) is 1.52. The monoisotopic (exact) mass is 257 g/mol. The second-order valence-electron chi connectivity index (χ2n) is 2.74. The lowest BCUT2D eigenvalue weighted by molar-refractivity contribution is -0.0789. The van der Waals surface area contributed by atoms with Crippen LogP contribution in [0.3, 0.4) is 0 Å². The van der Waals surface area contributed by atoms with Gasteiger partial charge in [-0.05, 0) is 28.1 Å². The first kappa shape index (κ1) is 9.57. The van der Waals surface area contributed by atoms with Crippen molar-refractivity contribution in [3.05, 3.63) is 28.5 Å². The summed E-state index contributed by atoms with van der Waals surface area (Å²) >= 11 is 3.31. The van der Waals surface area contributed by atoms with Crippen LogP contribution in [-0.2, 0) is 4.74 Å². The number of hydrogen-bond donors (Lipinski definition) is 1. The Labute approximate surface area is 88.4 Å². The molecule has 0 aliphatic carbocycles. The summed E-state index contributed by atoms with van der Waals surface area (Å²) in [4.78, 5) is 0. The highest BCUT2D eigenvalue weighted by Gasteiger charge is 2.14. The Hall–Kier alpha value is -0.980. The number of pyridine rings is 1. The summed E-state index contributed by atoms with van der Waals surface area (Å²) in [6.07, 6.45) is 0.725. The number of nitrogens with zero attached hydrogens (tertiary/aromatic N) is 3. The molecule has 2 aromatic heterocycles. The molecule has 1 unspecified atom stereocenters. The molecule has 0 bridgehead atoms. The highest BCUT2D eigenvalue weighted by molar-refractivity contribution is 9.10. The van der Waals surface area contributed by atoms with Gasteiger partial charge >= 0.3 is 0 Å². The van der Waals surface area contributed by atoms with E-state index in [1.54, 1.807) is 10.7 Å². The maximum Gasteiger partial charge on any atom is 0.202 e. The topological polar surface area (TPSA) is 59.7 Å².